The van der Waals surface area contributed by atoms with Crippen molar-refractivity contribution in [3.05, 3.63) is 40.4 Å². The zero-order chi connectivity index (χ0) is 11.7. The molecule has 0 heterocycles. The molecular weight excluding hydrogens is 272 g/mol. The van der Waals surface area contributed by atoms with Gasteiger partial charge in [0.1, 0.15) is 5.75 Å². The highest BCUT2D eigenvalue weighted by Gasteiger charge is 2.15. The molecule has 0 aromatic heterocycles. The van der Waals surface area contributed by atoms with Crippen LogP contribution in [-0.2, 0) is 4.74 Å². The van der Waals surface area contributed by atoms with Gasteiger partial charge in [0.25, 0.3) is 0 Å². The highest BCUT2D eigenvalue weighted by Crippen LogP contribution is 2.34. The monoisotopic (exact) mass is 280 g/mol. The van der Waals surface area contributed by atoms with E-state index in [0.29, 0.717) is 15.4 Å². The quantitative estimate of drug-likeness (QED) is 0.817. The molecular formula is C12H9BrO3. The average molecular weight is 281 g/mol. The van der Waals surface area contributed by atoms with Crippen molar-refractivity contribution in [3.8, 4) is 5.75 Å². The molecule has 0 amide bonds. The summed E-state index contributed by atoms with van der Waals surface area (Å²) in [5.41, 5.74) is 0.318. The van der Waals surface area contributed by atoms with Gasteiger partial charge in [-0.3, -0.25) is 0 Å². The molecule has 4 heteroatoms. The van der Waals surface area contributed by atoms with Crippen LogP contribution in [0.15, 0.2) is 34.8 Å². The summed E-state index contributed by atoms with van der Waals surface area (Å²) in [6.07, 6.45) is 0. The fraction of sp³-hybridized carbons (Fsp3) is 0.0833. The summed E-state index contributed by atoms with van der Waals surface area (Å²) < 4.78 is 5.27. The van der Waals surface area contributed by atoms with Crippen molar-refractivity contribution in [2.45, 2.75) is 0 Å². The average Bonchev–Trinajstić information content (AvgIpc) is 2.33. The van der Waals surface area contributed by atoms with Crippen molar-refractivity contribution >= 4 is 32.7 Å². The summed E-state index contributed by atoms with van der Waals surface area (Å²) in [6, 6.07) is 8.68. The Hall–Kier alpha value is -1.55. The zero-order valence-corrected chi connectivity index (χ0v) is 10.1. The standard InChI is InChI=1S/C12H9BrO3/c1-16-12(15)9-6-10(14)7-4-2-3-5-8(7)11(9)13/h2-6,14H,1H3. The number of esters is 1. The maximum absolute atomic E-state index is 11.5. The first-order chi connectivity index (χ1) is 7.65. The van der Waals surface area contributed by atoms with Gasteiger partial charge in [0.05, 0.1) is 12.7 Å². The predicted octanol–water partition coefficient (Wildman–Crippen LogP) is 3.09. The van der Waals surface area contributed by atoms with Gasteiger partial charge < -0.3 is 9.84 Å². The Kier molecular flexibility index (Phi) is 2.83. The van der Waals surface area contributed by atoms with Crippen molar-refractivity contribution in [1.82, 2.24) is 0 Å². The number of hydrogen-bond acceptors (Lipinski definition) is 3. The molecule has 0 radical (unpaired) electrons. The number of ether oxygens (including phenoxy) is 1. The van der Waals surface area contributed by atoms with Gasteiger partial charge in [-0.1, -0.05) is 24.3 Å². The van der Waals surface area contributed by atoms with E-state index in [1.807, 2.05) is 18.2 Å². The number of methoxy groups -OCH3 is 1. The third kappa shape index (κ3) is 1.65. The van der Waals surface area contributed by atoms with Crippen LogP contribution in [0.5, 0.6) is 5.75 Å². The van der Waals surface area contributed by atoms with Gasteiger partial charge in [-0.05, 0) is 22.0 Å². The molecule has 0 spiro atoms. The Balaban J connectivity index is 2.80. The number of rotatable bonds is 1. The smallest absolute Gasteiger partial charge is 0.339 e. The Morgan fingerprint density at radius 3 is 2.56 bits per heavy atom. The molecule has 0 unspecified atom stereocenters. The lowest BCUT2D eigenvalue weighted by atomic mass is 10.1. The maximum atomic E-state index is 11.5. The number of carbonyl (C=O) groups is 1. The van der Waals surface area contributed by atoms with Crippen LogP contribution >= 0.6 is 15.9 Å². The van der Waals surface area contributed by atoms with Crippen LogP contribution in [0.3, 0.4) is 0 Å². The molecule has 0 aliphatic rings. The second kappa shape index (κ2) is 4.14. The fourth-order valence-corrected chi connectivity index (χ4v) is 2.20. The highest BCUT2D eigenvalue weighted by atomic mass is 79.9. The number of halogens is 1. The second-order valence-electron chi connectivity index (χ2n) is 3.29. The van der Waals surface area contributed by atoms with E-state index in [1.165, 1.54) is 13.2 Å². The van der Waals surface area contributed by atoms with E-state index in [-0.39, 0.29) is 5.75 Å². The first-order valence-corrected chi connectivity index (χ1v) is 5.43. The number of phenolic OH excluding ortho intramolecular Hbond substituents is 1. The molecule has 82 valence electrons. The lowest BCUT2D eigenvalue weighted by molar-refractivity contribution is 0.0599. The van der Waals surface area contributed by atoms with Crippen LogP contribution in [0.4, 0.5) is 0 Å². The van der Waals surface area contributed by atoms with Crippen LogP contribution in [0, 0.1) is 0 Å². The molecule has 0 atom stereocenters. The van der Waals surface area contributed by atoms with Crippen molar-refractivity contribution in [2.75, 3.05) is 7.11 Å². The molecule has 1 N–H and O–H groups in total. The molecule has 2 aromatic carbocycles. The summed E-state index contributed by atoms with van der Waals surface area (Å²) in [4.78, 5) is 11.5. The topological polar surface area (TPSA) is 46.5 Å². The molecule has 16 heavy (non-hydrogen) atoms. The Bertz CT molecular complexity index is 563. The summed E-state index contributed by atoms with van der Waals surface area (Å²) in [6.45, 7) is 0. The van der Waals surface area contributed by atoms with Crippen LogP contribution < -0.4 is 0 Å². The van der Waals surface area contributed by atoms with Gasteiger partial charge in [0, 0.05) is 15.2 Å². The Labute approximate surface area is 101 Å². The van der Waals surface area contributed by atoms with Crippen LogP contribution in [-0.4, -0.2) is 18.2 Å². The van der Waals surface area contributed by atoms with Crippen molar-refractivity contribution < 1.29 is 14.6 Å². The summed E-state index contributed by atoms with van der Waals surface area (Å²) in [5.74, 6) is -0.410. The molecule has 0 aliphatic heterocycles. The number of fused-ring (bicyclic) bond motifs is 1. The summed E-state index contributed by atoms with van der Waals surface area (Å²) in [7, 11) is 1.31. The van der Waals surface area contributed by atoms with Crippen LogP contribution in [0.2, 0.25) is 0 Å². The van der Waals surface area contributed by atoms with Crippen molar-refractivity contribution in [3.63, 3.8) is 0 Å². The third-order valence-corrected chi connectivity index (χ3v) is 3.22. The third-order valence-electron chi connectivity index (χ3n) is 2.36. The molecule has 2 aromatic rings. The molecule has 0 saturated heterocycles. The number of aromatic hydroxyl groups is 1. The number of benzene rings is 2. The van der Waals surface area contributed by atoms with E-state index in [1.54, 1.807) is 6.07 Å². The van der Waals surface area contributed by atoms with E-state index in [4.69, 9.17) is 0 Å². The molecule has 0 fully saturated rings. The number of carbonyl (C=O) groups excluding carboxylic acids is 1. The largest absolute Gasteiger partial charge is 0.507 e. The minimum Gasteiger partial charge on any atom is -0.507 e. The lowest BCUT2D eigenvalue weighted by Crippen LogP contribution is -2.02. The van der Waals surface area contributed by atoms with Gasteiger partial charge in [-0.2, -0.15) is 0 Å². The highest BCUT2D eigenvalue weighted by molar-refractivity contribution is 9.10. The Morgan fingerprint density at radius 2 is 1.94 bits per heavy atom. The van der Waals surface area contributed by atoms with E-state index in [0.717, 1.165) is 5.39 Å². The summed E-state index contributed by atoms with van der Waals surface area (Å²) in [5, 5.41) is 11.3. The van der Waals surface area contributed by atoms with Gasteiger partial charge >= 0.3 is 5.97 Å². The minimum absolute atomic E-state index is 0.0687. The molecule has 2 rings (SSSR count). The number of phenols is 1. The SMILES string of the molecule is COC(=O)c1cc(O)c2ccccc2c1Br. The molecule has 3 nitrogen and oxygen atoms in total. The molecule has 0 bridgehead atoms. The second-order valence-corrected chi connectivity index (χ2v) is 4.09. The first-order valence-electron chi connectivity index (χ1n) is 4.63. The van der Waals surface area contributed by atoms with Gasteiger partial charge in [-0.15, -0.1) is 0 Å². The Morgan fingerprint density at radius 1 is 1.31 bits per heavy atom. The maximum Gasteiger partial charge on any atom is 0.339 e. The zero-order valence-electron chi connectivity index (χ0n) is 8.53. The van der Waals surface area contributed by atoms with Crippen LogP contribution in [0.1, 0.15) is 10.4 Å². The molecule has 0 aliphatic carbocycles. The van der Waals surface area contributed by atoms with Crippen LogP contribution in [0.25, 0.3) is 10.8 Å². The van der Waals surface area contributed by atoms with Gasteiger partial charge in [0.15, 0.2) is 0 Å². The van der Waals surface area contributed by atoms with E-state index < -0.39 is 5.97 Å². The minimum atomic E-state index is -0.479. The number of hydrogen-bond donors (Lipinski definition) is 1. The first kappa shape index (κ1) is 11.0. The molecule has 0 saturated carbocycles. The van der Waals surface area contributed by atoms with E-state index in [2.05, 4.69) is 20.7 Å². The van der Waals surface area contributed by atoms with Gasteiger partial charge in [0.2, 0.25) is 0 Å². The van der Waals surface area contributed by atoms with Crippen molar-refractivity contribution in [1.29, 1.82) is 0 Å². The normalized spacial score (nSPS) is 10.4. The fourth-order valence-electron chi connectivity index (χ4n) is 1.58. The predicted molar refractivity (Wildman–Crippen MR) is 64.7 cm³/mol. The van der Waals surface area contributed by atoms with Gasteiger partial charge in [-0.25, -0.2) is 4.79 Å². The van der Waals surface area contributed by atoms with E-state index in [9.17, 15) is 9.90 Å². The van der Waals surface area contributed by atoms with E-state index >= 15 is 0 Å². The van der Waals surface area contributed by atoms with Crippen molar-refractivity contribution in [2.24, 2.45) is 0 Å². The summed E-state index contributed by atoms with van der Waals surface area (Å²) >= 11 is 3.35. The lowest BCUT2D eigenvalue weighted by Gasteiger charge is -2.08.